The third-order valence-electron chi connectivity index (χ3n) is 4.17. The van der Waals surface area contributed by atoms with E-state index in [0.29, 0.717) is 22.7 Å². The maximum atomic E-state index is 12.7. The Morgan fingerprint density at radius 1 is 1.07 bits per heavy atom. The average Bonchev–Trinajstić information content (AvgIpc) is 2.99. The lowest BCUT2D eigenvalue weighted by atomic mass is 10.2. The molecule has 0 radical (unpaired) electrons. The second-order valence-corrected chi connectivity index (χ2v) is 5.83. The van der Waals surface area contributed by atoms with Crippen LogP contribution in [0.25, 0.3) is 0 Å². The van der Waals surface area contributed by atoms with Gasteiger partial charge in [-0.05, 0) is 24.3 Å². The number of anilines is 1. The Bertz CT molecular complexity index is 869. The molecular formula is C19H19N3O5. The number of benzene rings is 2. The van der Waals surface area contributed by atoms with E-state index in [-0.39, 0.29) is 6.42 Å². The van der Waals surface area contributed by atoms with Crippen LogP contribution in [-0.2, 0) is 9.59 Å². The molecule has 8 heteroatoms. The molecule has 0 saturated carbocycles. The van der Waals surface area contributed by atoms with Gasteiger partial charge < -0.3 is 9.47 Å². The summed E-state index contributed by atoms with van der Waals surface area (Å²) < 4.78 is 10.4. The highest BCUT2D eigenvalue weighted by molar-refractivity contribution is 6.23. The van der Waals surface area contributed by atoms with Gasteiger partial charge >= 0.3 is 0 Å². The summed E-state index contributed by atoms with van der Waals surface area (Å²) in [5.74, 6) is -0.433. The van der Waals surface area contributed by atoms with Gasteiger partial charge in [0.15, 0.2) is 0 Å². The van der Waals surface area contributed by atoms with Crippen molar-refractivity contribution in [1.82, 2.24) is 10.9 Å². The van der Waals surface area contributed by atoms with Crippen molar-refractivity contribution in [2.45, 2.75) is 12.5 Å². The summed E-state index contributed by atoms with van der Waals surface area (Å²) in [6, 6.07) is 12.5. The summed E-state index contributed by atoms with van der Waals surface area (Å²) in [4.78, 5) is 38.3. The van der Waals surface area contributed by atoms with E-state index in [9.17, 15) is 14.4 Å². The van der Waals surface area contributed by atoms with Crippen LogP contribution in [-0.4, -0.2) is 38.0 Å². The maximum Gasteiger partial charge on any atom is 0.265 e. The van der Waals surface area contributed by atoms with E-state index >= 15 is 0 Å². The smallest absolute Gasteiger partial charge is 0.265 e. The molecule has 1 aliphatic heterocycles. The molecule has 2 aromatic carbocycles. The number of imide groups is 1. The first-order valence-corrected chi connectivity index (χ1v) is 8.25. The fraction of sp³-hybridized carbons (Fsp3) is 0.211. The van der Waals surface area contributed by atoms with Gasteiger partial charge in [0.25, 0.3) is 11.8 Å². The van der Waals surface area contributed by atoms with E-state index in [0.717, 1.165) is 4.90 Å². The first-order valence-electron chi connectivity index (χ1n) is 8.25. The van der Waals surface area contributed by atoms with Crippen LogP contribution in [0.15, 0.2) is 48.5 Å². The van der Waals surface area contributed by atoms with E-state index in [1.165, 1.54) is 14.2 Å². The molecule has 3 amide bonds. The van der Waals surface area contributed by atoms with Crippen LogP contribution < -0.4 is 25.2 Å². The third-order valence-corrected chi connectivity index (χ3v) is 4.17. The van der Waals surface area contributed by atoms with Crippen LogP contribution in [0.3, 0.4) is 0 Å². The highest BCUT2D eigenvalue weighted by Gasteiger charge is 2.41. The van der Waals surface area contributed by atoms with Gasteiger partial charge in [0.2, 0.25) is 5.91 Å². The van der Waals surface area contributed by atoms with Gasteiger partial charge in [-0.15, -0.1) is 0 Å². The predicted octanol–water partition coefficient (Wildman–Crippen LogP) is 1.27. The van der Waals surface area contributed by atoms with Crippen molar-refractivity contribution in [3.63, 3.8) is 0 Å². The zero-order valence-electron chi connectivity index (χ0n) is 14.9. The largest absolute Gasteiger partial charge is 0.497 e. The molecule has 1 fully saturated rings. The van der Waals surface area contributed by atoms with E-state index in [4.69, 9.17) is 9.47 Å². The molecule has 2 N–H and O–H groups in total. The van der Waals surface area contributed by atoms with Gasteiger partial charge in [-0.1, -0.05) is 18.2 Å². The number of carbonyl (C=O) groups is 3. The van der Waals surface area contributed by atoms with Crippen molar-refractivity contribution in [2.24, 2.45) is 0 Å². The number of amides is 3. The number of hydrogen-bond donors (Lipinski definition) is 2. The molecule has 140 valence electrons. The van der Waals surface area contributed by atoms with Gasteiger partial charge in [-0.25, -0.2) is 10.3 Å². The zero-order valence-corrected chi connectivity index (χ0v) is 14.9. The first kappa shape index (κ1) is 18.4. The predicted molar refractivity (Wildman–Crippen MR) is 97.5 cm³/mol. The van der Waals surface area contributed by atoms with Crippen molar-refractivity contribution in [3.8, 4) is 11.5 Å². The number of hydrazine groups is 1. The average molecular weight is 369 g/mol. The Morgan fingerprint density at radius 3 is 2.48 bits per heavy atom. The standard InChI is InChI=1S/C19H19N3O5/c1-26-13-8-9-16(27-2)15(10-13)22-17(23)11-14(19(22)25)20-21-18(24)12-6-4-3-5-7-12/h3-10,14,20H,11H2,1-2H3,(H,21,24)/t14-/m0/s1. The van der Waals surface area contributed by atoms with Gasteiger partial charge in [-0.3, -0.25) is 19.8 Å². The monoisotopic (exact) mass is 369 g/mol. The molecule has 0 spiro atoms. The van der Waals surface area contributed by atoms with Crippen molar-refractivity contribution in [3.05, 3.63) is 54.1 Å². The summed E-state index contributed by atoms with van der Waals surface area (Å²) in [6.45, 7) is 0. The molecule has 0 unspecified atom stereocenters. The van der Waals surface area contributed by atoms with Crippen LogP contribution in [0.1, 0.15) is 16.8 Å². The lowest BCUT2D eigenvalue weighted by Crippen LogP contribution is -2.48. The summed E-state index contributed by atoms with van der Waals surface area (Å²) in [5.41, 5.74) is 5.85. The number of ether oxygens (including phenoxy) is 2. The zero-order chi connectivity index (χ0) is 19.4. The minimum absolute atomic E-state index is 0.0890. The Hall–Kier alpha value is -3.39. The van der Waals surface area contributed by atoms with Gasteiger partial charge in [0.05, 0.1) is 26.3 Å². The number of rotatable bonds is 6. The van der Waals surface area contributed by atoms with E-state index < -0.39 is 23.8 Å². The van der Waals surface area contributed by atoms with Gasteiger partial charge in [0, 0.05) is 11.6 Å². The normalized spacial score (nSPS) is 16.4. The van der Waals surface area contributed by atoms with Gasteiger partial charge in [-0.2, -0.15) is 0 Å². The number of nitrogens with one attached hydrogen (secondary N) is 2. The number of methoxy groups -OCH3 is 2. The molecule has 2 aromatic rings. The summed E-state index contributed by atoms with van der Waals surface area (Å²) >= 11 is 0. The Morgan fingerprint density at radius 2 is 1.81 bits per heavy atom. The van der Waals surface area contributed by atoms with Crippen LogP contribution in [0.5, 0.6) is 11.5 Å². The van der Waals surface area contributed by atoms with Gasteiger partial charge in [0.1, 0.15) is 17.5 Å². The second-order valence-electron chi connectivity index (χ2n) is 5.83. The lowest BCUT2D eigenvalue weighted by molar-refractivity contribution is -0.121. The van der Waals surface area contributed by atoms with E-state index in [1.807, 2.05) is 0 Å². The minimum Gasteiger partial charge on any atom is -0.497 e. The third kappa shape index (κ3) is 3.75. The fourth-order valence-electron chi connectivity index (χ4n) is 2.78. The molecule has 0 bridgehead atoms. The molecule has 0 aromatic heterocycles. The molecule has 1 heterocycles. The topological polar surface area (TPSA) is 97.0 Å². The highest BCUT2D eigenvalue weighted by atomic mass is 16.5. The lowest BCUT2D eigenvalue weighted by Gasteiger charge is -2.19. The van der Waals surface area contributed by atoms with Crippen molar-refractivity contribution >= 4 is 23.4 Å². The van der Waals surface area contributed by atoms with Crippen LogP contribution in [0.4, 0.5) is 5.69 Å². The molecule has 0 aliphatic carbocycles. The van der Waals surface area contributed by atoms with Crippen LogP contribution >= 0.6 is 0 Å². The van der Waals surface area contributed by atoms with Crippen LogP contribution in [0.2, 0.25) is 0 Å². The molecule has 27 heavy (non-hydrogen) atoms. The van der Waals surface area contributed by atoms with E-state index in [1.54, 1.807) is 48.5 Å². The summed E-state index contributed by atoms with van der Waals surface area (Å²) in [5, 5.41) is 0. The molecule has 1 atom stereocenters. The Balaban J connectivity index is 1.75. The Labute approximate surface area is 156 Å². The van der Waals surface area contributed by atoms with E-state index in [2.05, 4.69) is 10.9 Å². The fourth-order valence-corrected chi connectivity index (χ4v) is 2.78. The first-order chi connectivity index (χ1) is 13.0. The summed E-state index contributed by atoms with van der Waals surface area (Å²) in [6.07, 6.45) is -0.0890. The van der Waals surface area contributed by atoms with Crippen molar-refractivity contribution < 1.29 is 23.9 Å². The molecule has 8 nitrogen and oxygen atoms in total. The molecule has 1 aliphatic rings. The quantitative estimate of drug-likeness (QED) is 0.588. The highest BCUT2D eigenvalue weighted by Crippen LogP contribution is 2.35. The molecule has 3 rings (SSSR count). The van der Waals surface area contributed by atoms with Crippen LogP contribution in [0, 0.1) is 0 Å². The SMILES string of the molecule is COc1ccc(OC)c(N2C(=O)C[C@H](NNC(=O)c3ccccc3)C2=O)c1. The Kier molecular flexibility index (Phi) is 5.37. The second kappa shape index (κ2) is 7.88. The molecule has 1 saturated heterocycles. The number of nitrogens with zero attached hydrogens (tertiary/aromatic N) is 1. The van der Waals surface area contributed by atoms with Crippen molar-refractivity contribution in [2.75, 3.05) is 19.1 Å². The number of hydrogen-bond acceptors (Lipinski definition) is 6. The van der Waals surface area contributed by atoms with Crippen molar-refractivity contribution in [1.29, 1.82) is 0 Å². The number of carbonyl (C=O) groups excluding carboxylic acids is 3. The summed E-state index contributed by atoms with van der Waals surface area (Å²) in [7, 11) is 2.94. The maximum absolute atomic E-state index is 12.7. The minimum atomic E-state index is -0.874. The molecular weight excluding hydrogens is 350 g/mol.